The lowest BCUT2D eigenvalue weighted by Crippen LogP contribution is -2.62. The van der Waals surface area contributed by atoms with E-state index in [1.54, 1.807) is 13.1 Å². The van der Waals surface area contributed by atoms with E-state index in [9.17, 15) is 67.1 Å². The van der Waals surface area contributed by atoms with Gasteiger partial charge in [-0.3, -0.25) is 77.8 Å². The average molecular weight is 1360 g/mol. The number of hydrogen-bond acceptors (Lipinski definition) is 20. The first kappa shape index (κ1) is 85.3. The van der Waals surface area contributed by atoms with Crippen molar-refractivity contribution in [3.8, 4) is 0 Å². The summed E-state index contributed by atoms with van der Waals surface area (Å²) in [5.41, 5.74) is 19.3. The molecule has 0 aliphatic carbocycles. The van der Waals surface area contributed by atoms with Crippen molar-refractivity contribution in [3.63, 3.8) is 0 Å². The highest BCUT2D eigenvalue weighted by atomic mass is 16.2. The molecule has 7 amide bonds. The largest absolute Gasteiger partial charge is 0.370 e. The molecule has 0 saturated heterocycles. The molecule has 28 heteroatoms. The molecule has 0 fully saturated rings. The second-order valence-electron chi connectivity index (χ2n) is 26.5. The summed E-state index contributed by atoms with van der Waals surface area (Å²) in [5.74, 6) is -11.7. The van der Waals surface area contributed by atoms with E-state index in [1.807, 2.05) is 44.2 Å². The molecule has 2 unspecified atom stereocenters. The maximum absolute atomic E-state index is 14.7. The minimum Gasteiger partial charge on any atom is -0.370 e. The summed E-state index contributed by atoms with van der Waals surface area (Å²) in [5, 5.41) is 23.3. The smallest absolute Gasteiger partial charge is 0.246 e. The lowest BCUT2D eigenvalue weighted by atomic mass is 9.88. The summed E-state index contributed by atoms with van der Waals surface area (Å²) in [7, 11) is 1.50. The molecule has 2 heterocycles. The number of aromatic amines is 1. The predicted molar refractivity (Wildman–Crippen MR) is 369 cm³/mol. The standard InChI is InChI=1S/C68H107N13O14.CH5N/c1-39(2)32-49-37-72-52(28-29-56(69)85)60(89)58(87)44(7)76-65(94)53(34-48-36-71-51-27-23-22-26-50(48)51)73-38-55(84)67(11,74-35-41(4)82)30-24-20-18-16-14-13-15-17-19-21-25-31-68(12,79-64(49)93)66(95)78-47(10)63(92)77-46(9)62(91)75-43(6)57(86)59(88)45(8)81-80-42(5)54(83)33-40(3)61(70)90;1-2/h17,19,22-23,26-27,36,39-40,42-47,49,52-53,71-74,80-81H,13-16,18,20-21,24-25,28-35,37-38H2,1-12H3,(H2,69,85)(H2,70,90)(H,75,91)(H,76,94)(H,77,92)(H,78,95)(H,79,93);2H2,1H3/b19-17+;/t40-,42+,43-,44?,45-,46?,47-,49+,52-,53-,67+,68-;/m0./s1. The molecule has 28 nitrogen and oxygen atoms in total. The van der Waals surface area contributed by atoms with Gasteiger partial charge in [0.1, 0.15) is 23.4 Å². The number of amides is 7. The third kappa shape index (κ3) is 29.5. The van der Waals surface area contributed by atoms with Gasteiger partial charge in [0, 0.05) is 42.4 Å². The van der Waals surface area contributed by atoms with Gasteiger partial charge in [-0.05, 0) is 145 Å². The van der Waals surface area contributed by atoms with Gasteiger partial charge in [-0.15, -0.1) is 0 Å². The number of benzene rings is 1. The van der Waals surface area contributed by atoms with Crippen LogP contribution in [-0.2, 0) is 73.5 Å². The van der Waals surface area contributed by atoms with E-state index in [2.05, 4.69) is 70.2 Å². The first-order chi connectivity index (χ1) is 45.6. The van der Waals surface area contributed by atoms with Gasteiger partial charge < -0.3 is 54.1 Å². The van der Waals surface area contributed by atoms with Crippen molar-refractivity contribution in [1.82, 2.24) is 58.4 Å². The second-order valence-corrected chi connectivity index (χ2v) is 26.5. The number of hydrazine groups is 1. The van der Waals surface area contributed by atoms with Gasteiger partial charge in [0.25, 0.3) is 0 Å². The van der Waals surface area contributed by atoms with E-state index in [0.717, 1.165) is 55.0 Å². The normalized spacial score (nSPS) is 23.4. The number of carbonyl (C=O) groups is 14. The Morgan fingerprint density at radius 1 is 0.660 bits per heavy atom. The third-order valence-corrected chi connectivity index (χ3v) is 17.3. The quantitative estimate of drug-likeness (QED) is 0.0361. The van der Waals surface area contributed by atoms with Crippen LogP contribution >= 0.6 is 0 Å². The number of para-hydroxylation sites is 1. The Morgan fingerprint density at radius 3 is 1.86 bits per heavy atom. The zero-order valence-corrected chi connectivity index (χ0v) is 59.3. The maximum atomic E-state index is 14.7. The SMILES string of the molecule is CC(=O)CN[C@]1(C)CCCCCCCC/C=C/CCC[C@@](C)(C(=O)N[C@@H](C)C(=O)NC(C)C(=O)N[C@@H](C)C(=O)C(=O)[C@H](C)NN[C@H](C)C(=O)C[C@H](C)C(N)=O)NC(=O)[C@H](CC(C)C)CN[C@@H](CCC(N)=O)C(=O)C(=O)C(C)NC(=O)[C@H](Cc2c[nH]c3ccccc23)NCC1=O.CN. The zero-order chi connectivity index (χ0) is 73.3. The van der Waals surface area contributed by atoms with Gasteiger partial charge in [-0.2, -0.15) is 0 Å². The number of rotatable bonds is 26. The fraction of sp³-hybridized carbons (Fsp3) is 0.652. The van der Waals surface area contributed by atoms with Crippen molar-refractivity contribution in [2.24, 2.45) is 35.0 Å². The Bertz CT molecular complexity index is 3060. The lowest BCUT2D eigenvalue weighted by Gasteiger charge is -2.33. The predicted octanol–water partition coefficient (Wildman–Crippen LogP) is 1.62. The van der Waals surface area contributed by atoms with Crippen LogP contribution in [0.1, 0.15) is 185 Å². The molecule has 0 bridgehead atoms. The van der Waals surface area contributed by atoms with E-state index in [4.69, 9.17) is 11.5 Å². The highest BCUT2D eigenvalue weighted by Gasteiger charge is 2.40. The number of allylic oxidation sites excluding steroid dienone is 2. The number of carbonyl (C=O) groups excluding carboxylic acids is 14. The number of nitrogens with one attached hydrogen (secondary N) is 11. The number of H-pyrrole nitrogens is 1. The van der Waals surface area contributed by atoms with Crippen LogP contribution in [0.25, 0.3) is 10.9 Å². The van der Waals surface area contributed by atoms with Crippen LogP contribution in [-0.4, -0.2) is 173 Å². The van der Waals surface area contributed by atoms with Crippen molar-refractivity contribution in [1.29, 1.82) is 0 Å². The van der Waals surface area contributed by atoms with Gasteiger partial charge >= 0.3 is 0 Å². The maximum Gasteiger partial charge on any atom is 0.246 e. The summed E-state index contributed by atoms with van der Waals surface area (Å²) < 4.78 is 0. The van der Waals surface area contributed by atoms with Crippen molar-refractivity contribution in [2.45, 2.75) is 245 Å². The van der Waals surface area contributed by atoms with Gasteiger partial charge in [0.2, 0.25) is 64.5 Å². The topological polar surface area (TPSA) is 453 Å². The molecule has 0 saturated carbocycles. The molecule has 542 valence electrons. The Morgan fingerprint density at radius 2 is 1.24 bits per heavy atom. The number of Topliss-reactive ketones (excluding diaryl/α,β-unsaturated/α-hetero) is 7. The van der Waals surface area contributed by atoms with Gasteiger partial charge in [-0.1, -0.05) is 83.2 Å². The molecular formula is C69H112N14O14. The Labute approximate surface area is 571 Å². The van der Waals surface area contributed by atoms with Crippen molar-refractivity contribution >= 4 is 92.7 Å². The van der Waals surface area contributed by atoms with Crippen LogP contribution in [0.4, 0.5) is 0 Å². The molecule has 0 spiro atoms. The van der Waals surface area contributed by atoms with Crippen LogP contribution in [0.3, 0.4) is 0 Å². The highest BCUT2D eigenvalue weighted by Crippen LogP contribution is 2.23. The summed E-state index contributed by atoms with van der Waals surface area (Å²) in [6.07, 6.45) is 12.8. The number of ketones is 7. The number of primary amides is 2. The number of hydrogen-bond donors (Lipinski definition) is 14. The summed E-state index contributed by atoms with van der Waals surface area (Å²) in [6, 6.07) is -2.38. The number of aromatic nitrogens is 1. The van der Waals surface area contributed by atoms with E-state index in [0.29, 0.717) is 25.7 Å². The molecule has 2 aromatic rings. The lowest BCUT2D eigenvalue weighted by molar-refractivity contribution is -0.140. The second kappa shape index (κ2) is 42.8. The van der Waals surface area contributed by atoms with Crippen LogP contribution in [0.5, 0.6) is 0 Å². The Balaban J connectivity index is 0.0000158. The van der Waals surface area contributed by atoms with Crippen LogP contribution in [0, 0.1) is 17.8 Å². The van der Waals surface area contributed by atoms with E-state index in [1.165, 1.54) is 69.4 Å². The van der Waals surface area contributed by atoms with Gasteiger partial charge in [-0.25, -0.2) is 10.9 Å². The van der Waals surface area contributed by atoms with Gasteiger partial charge in [0.15, 0.2) is 11.6 Å². The van der Waals surface area contributed by atoms with Crippen LogP contribution in [0.2, 0.25) is 0 Å². The van der Waals surface area contributed by atoms with E-state index < -0.39 is 136 Å². The summed E-state index contributed by atoms with van der Waals surface area (Å²) >= 11 is 0. The molecule has 17 N–H and O–H groups in total. The average Bonchev–Trinajstić information content (AvgIpc) is 1.81. The van der Waals surface area contributed by atoms with E-state index in [-0.39, 0.29) is 81.4 Å². The van der Waals surface area contributed by atoms with Crippen molar-refractivity contribution < 1.29 is 67.1 Å². The first-order valence-corrected chi connectivity index (χ1v) is 33.9. The molecule has 1 aliphatic rings. The molecule has 12 atom stereocenters. The fourth-order valence-corrected chi connectivity index (χ4v) is 10.8. The van der Waals surface area contributed by atoms with Crippen LogP contribution < -0.4 is 70.6 Å². The minimum absolute atomic E-state index is 0.0421. The number of nitrogens with two attached hydrogens (primary N) is 3. The van der Waals surface area contributed by atoms with Crippen molar-refractivity contribution in [3.05, 3.63) is 48.2 Å². The fourth-order valence-electron chi connectivity index (χ4n) is 10.8. The summed E-state index contributed by atoms with van der Waals surface area (Å²) in [6.45, 7) is 17.5. The zero-order valence-electron chi connectivity index (χ0n) is 59.3. The molecule has 1 aliphatic heterocycles. The Hall–Kier alpha value is -7.76. The molecule has 0 radical (unpaired) electrons. The van der Waals surface area contributed by atoms with Crippen molar-refractivity contribution in [2.75, 3.05) is 26.7 Å². The first-order valence-electron chi connectivity index (χ1n) is 33.9. The molecule has 1 aromatic carbocycles. The Kier molecular flexibility index (Phi) is 37.7. The third-order valence-electron chi connectivity index (χ3n) is 17.3. The minimum atomic E-state index is -1.67. The van der Waals surface area contributed by atoms with Gasteiger partial charge in [0.05, 0.1) is 60.8 Å². The molecule has 1 aromatic heterocycles. The van der Waals surface area contributed by atoms with Crippen LogP contribution in [0.15, 0.2) is 42.6 Å². The van der Waals surface area contributed by atoms with E-state index >= 15 is 0 Å². The highest BCUT2D eigenvalue weighted by molar-refractivity contribution is 6.41. The molecular weight excluding hydrogens is 1250 g/mol. The molecule has 3 rings (SSSR count). The monoisotopic (exact) mass is 1360 g/mol. The molecule has 97 heavy (non-hydrogen) atoms. The number of fused-ring (bicyclic) bond motifs is 1. The summed E-state index contributed by atoms with van der Waals surface area (Å²) in [4.78, 5) is 191.